The van der Waals surface area contributed by atoms with Crippen LogP contribution >= 0.6 is 0 Å². The van der Waals surface area contributed by atoms with Crippen molar-refractivity contribution in [1.29, 1.82) is 0 Å². The summed E-state index contributed by atoms with van der Waals surface area (Å²) in [6.45, 7) is 0.341. The van der Waals surface area contributed by atoms with Crippen LogP contribution in [0.15, 0.2) is 23.6 Å². The highest BCUT2D eigenvalue weighted by molar-refractivity contribution is 6.46. The van der Waals surface area contributed by atoms with E-state index >= 15 is 0 Å². The van der Waals surface area contributed by atoms with Crippen molar-refractivity contribution < 1.29 is 14.3 Å². The lowest BCUT2D eigenvalue weighted by atomic mass is 10.1. The SMILES string of the molecule is C#CCN(C)C1=CC(=O)C(=O)C=C1OC. The van der Waals surface area contributed by atoms with Gasteiger partial charge in [0.2, 0.25) is 11.6 Å². The van der Waals surface area contributed by atoms with Gasteiger partial charge in [0.1, 0.15) is 5.76 Å². The van der Waals surface area contributed by atoms with Gasteiger partial charge in [-0.05, 0) is 0 Å². The molecule has 0 heterocycles. The van der Waals surface area contributed by atoms with E-state index in [4.69, 9.17) is 11.2 Å². The Kier molecular flexibility index (Phi) is 3.29. The van der Waals surface area contributed by atoms with Gasteiger partial charge in [-0.3, -0.25) is 9.59 Å². The average molecular weight is 205 g/mol. The van der Waals surface area contributed by atoms with Crippen molar-refractivity contribution >= 4 is 11.6 Å². The number of carbonyl (C=O) groups is 2. The number of allylic oxidation sites excluding steroid dienone is 2. The summed E-state index contributed by atoms with van der Waals surface area (Å²) in [4.78, 5) is 23.9. The minimum Gasteiger partial charge on any atom is -0.494 e. The Labute approximate surface area is 88.2 Å². The third kappa shape index (κ3) is 2.26. The van der Waals surface area contributed by atoms with Crippen molar-refractivity contribution in [1.82, 2.24) is 4.90 Å². The Balaban J connectivity index is 3.01. The first kappa shape index (κ1) is 11.1. The second-order valence-corrected chi connectivity index (χ2v) is 3.03. The molecule has 1 aliphatic carbocycles. The number of methoxy groups -OCH3 is 1. The molecule has 78 valence electrons. The van der Waals surface area contributed by atoms with E-state index < -0.39 is 11.6 Å². The molecule has 0 radical (unpaired) electrons. The Hall–Kier alpha value is -2.02. The predicted octanol–water partition coefficient (Wildman–Crippen LogP) is 0.117. The summed E-state index contributed by atoms with van der Waals surface area (Å²) >= 11 is 0. The smallest absolute Gasteiger partial charge is 0.229 e. The number of nitrogens with zero attached hydrogens (tertiary/aromatic N) is 1. The van der Waals surface area contributed by atoms with Gasteiger partial charge in [-0.25, -0.2) is 0 Å². The quantitative estimate of drug-likeness (QED) is 0.373. The maximum atomic E-state index is 11.2. The monoisotopic (exact) mass is 205 g/mol. The number of likely N-dealkylation sites (N-methyl/N-ethyl adjacent to an activating group) is 1. The van der Waals surface area contributed by atoms with E-state index in [0.717, 1.165) is 0 Å². The minimum absolute atomic E-state index is 0.341. The molecule has 0 spiro atoms. The van der Waals surface area contributed by atoms with Crippen molar-refractivity contribution in [2.24, 2.45) is 0 Å². The zero-order valence-corrected chi connectivity index (χ0v) is 8.61. The number of terminal acetylenes is 1. The van der Waals surface area contributed by atoms with Crippen molar-refractivity contribution in [3.8, 4) is 12.3 Å². The van der Waals surface area contributed by atoms with Gasteiger partial charge in [-0.1, -0.05) is 5.92 Å². The van der Waals surface area contributed by atoms with Crippen molar-refractivity contribution in [2.45, 2.75) is 0 Å². The minimum atomic E-state index is -0.579. The molecule has 0 fully saturated rings. The molecule has 1 aliphatic rings. The Morgan fingerprint density at radius 3 is 2.53 bits per heavy atom. The van der Waals surface area contributed by atoms with Gasteiger partial charge in [0, 0.05) is 19.2 Å². The zero-order chi connectivity index (χ0) is 11.4. The number of ketones is 2. The molecule has 0 amide bonds. The maximum absolute atomic E-state index is 11.2. The van der Waals surface area contributed by atoms with E-state index in [0.29, 0.717) is 18.0 Å². The van der Waals surface area contributed by atoms with Crippen LogP contribution in [0.2, 0.25) is 0 Å². The highest BCUT2D eigenvalue weighted by atomic mass is 16.5. The highest BCUT2D eigenvalue weighted by Crippen LogP contribution is 2.18. The summed E-state index contributed by atoms with van der Waals surface area (Å²) < 4.78 is 5.00. The molecule has 4 heteroatoms. The molecule has 0 saturated heterocycles. The van der Waals surface area contributed by atoms with Gasteiger partial charge in [-0.15, -0.1) is 6.42 Å². The fourth-order valence-corrected chi connectivity index (χ4v) is 1.21. The van der Waals surface area contributed by atoms with Crippen molar-refractivity contribution in [3.05, 3.63) is 23.6 Å². The topological polar surface area (TPSA) is 46.6 Å². The van der Waals surface area contributed by atoms with Gasteiger partial charge in [-0.2, -0.15) is 0 Å². The molecular weight excluding hydrogens is 194 g/mol. The van der Waals surface area contributed by atoms with Crippen molar-refractivity contribution in [2.75, 3.05) is 20.7 Å². The third-order valence-electron chi connectivity index (χ3n) is 1.98. The lowest BCUT2D eigenvalue weighted by Gasteiger charge is -2.23. The van der Waals surface area contributed by atoms with Crippen LogP contribution in [0.3, 0.4) is 0 Å². The van der Waals surface area contributed by atoms with Crippen LogP contribution < -0.4 is 0 Å². The van der Waals surface area contributed by atoms with Gasteiger partial charge < -0.3 is 9.64 Å². The van der Waals surface area contributed by atoms with Gasteiger partial charge in [0.05, 0.1) is 19.4 Å². The molecule has 0 aromatic carbocycles. The normalized spacial score (nSPS) is 15.3. The molecule has 15 heavy (non-hydrogen) atoms. The highest BCUT2D eigenvalue weighted by Gasteiger charge is 2.22. The lowest BCUT2D eigenvalue weighted by Crippen LogP contribution is -2.26. The molecule has 4 nitrogen and oxygen atoms in total. The number of hydrogen-bond donors (Lipinski definition) is 0. The van der Waals surface area contributed by atoms with E-state index in [1.807, 2.05) is 0 Å². The van der Waals surface area contributed by atoms with Crippen LogP contribution in [0.5, 0.6) is 0 Å². The van der Waals surface area contributed by atoms with E-state index in [9.17, 15) is 9.59 Å². The van der Waals surface area contributed by atoms with Crippen LogP contribution in [0, 0.1) is 12.3 Å². The van der Waals surface area contributed by atoms with Crippen LogP contribution in [0.25, 0.3) is 0 Å². The van der Waals surface area contributed by atoms with Crippen LogP contribution in [0.1, 0.15) is 0 Å². The summed E-state index contributed by atoms with van der Waals surface area (Å²) in [6.07, 6.45) is 7.56. The van der Waals surface area contributed by atoms with Crippen LogP contribution in [0.4, 0.5) is 0 Å². The summed E-state index contributed by atoms with van der Waals surface area (Å²) in [6, 6.07) is 0. The molecule has 0 N–H and O–H groups in total. The van der Waals surface area contributed by atoms with Crippen LogP contribution in [-0.4, -0.2) is 37.2 Å². The first-order chi connectivity index (χ1) is 7.10. The second-order valence-electron chi connectivity index (χ2n) is 3.03. The summed E-state index contributed by atoms with van der Waals surface area (Å²) in [7, 11) is 3.16. The Morgan fingerprint density at radius 1 is 1.40 bits per heavy atom. The number of ether oxygens (including phenoxy) is 1. The van der Waals surface area contributed by atoms with E-state index in [1.165, 1.54) is 19.3 Å². The molecule has 0 aromatic heterocycles. The number of carbonyl (C=O) groups excluding carboxylic acids is 2. The summed E-state index contributed by atoms with van der Waals surface area (Å²) in [5, 5.41) is 0. The molecular formula is C11H11NO3. The maximum Gasteiger partial charge on any atom is 0.229 e. The Bertz CT molecular complexity index is 399. The number of rotatable bonds is 3. The first-order valence-corrected chi connectivity index (χ1v) is 4.30. The molecule has 0 unspecified atom stereocenters. The van der Waals surface area contributed by atoms with Gasteiger partial charge in [0.25, 0.3) is 0 Å². The molecule has 0 aliphatic heterocycles. The number of hydrogen-bond acceptors (Lipinski definition) is 4. The third-order valence-corrected chi connectivity index (χ3v) is 1.98. The van der Waals surface area contributed by atoms with E-state index in [2.05, 4.69) is 5.92 Å². The Morgan fingerprint density at radius 2 is 2.00 bits per heavy atom. The molecule has 0 atom stereocenters. The zero-order valence-electron chi connectivity index (χ0n) is 8.61. The molecule has 0 saturated carbocycles. The largest absolute Gasteiger partial charge is 0.494 e. The second kappa shape index (κ2) is 4.47. The van der Waals surface area contributed by atoms with E-state index in [-0.39, 0.29) is 0 Å². The van der Waals surface area contributed by atoms with Crippen LogP contribution in [-0.2, 0) is 14.3 Å². The summed E-state index contributed by atoms with van der Waals surface area (Å²) in [5.41, 5.74) is 0.528. The van der Waals surface area contributed by atoms with Gasteiger partial charge in [0.15, 0.2) is 0 Å². The first-order valence-electron chi connectivity index (χ1n) is 4.30. The molecule has 1 rings (SSSR count). The van der Waals surface area contributed by atoms with Gasteiger partial charge >= 0.3 is 0 Å². The average Bonchev–Trinajstić information content (AvgIpc) is 2.21. The lowest BCUT2D eigenvalue weighted by molar-refractivity contribution is -0.131. The molecule has 0 bridgehead atoms. The molecule has 0 aromatic rings. The fourth-order valence-electron chi connectivity index (χ4n) is 1.21. The predicted molar refractivity (Wildman–Crippen MR) is 54.7 cm³/mol. The fraction of sp³-hybridized carbons (Fsp3) is 0.273. The standard InChI is InChI=1S/C11H11NO3/c1-4-5-12(2)8-6-9(13)10(14)7-11(8)15-3/h1,6-7H,5H2,2-3H3. The van der Waals surface area contributed by atoms with E-state index in [1.54, 1.807) is 11.9 Å². The summed E-state index contributed by atoms with van der Waals surface area (Å²) in [5.74, 6) is 1.66. The van der Waals surface area contributed by atoms with Crippen molar-refractivity contribution in [3.63, 3.8) is 0 Å².